The third-order valence-corrected chi connectivity index (χ3v) is 2.83. The Morgan fingerprint density at radius 1 is 0.920 bits per heavy atom. The normalized spacial score (nSPS) is 13.2. The second kappa shape index (κ2) is 6.99. The molecule has 0 fully saturated rings. The maximum Gasteiger partial charge on any atom is 0.416 e. The summed E-state index contributed by atoms with van der Waals surface area (Å²) >= 11 is 0. The van der Waals surface area contributed by atoms with Crippen molar-refractivity contribution in [1.82, 2.24) is 5.32 Å². The zero-order valence-corrected chi connectivity index (χ0v) is 11.9. The lowest BCUT2D eigenvalue weighted by molar-refractivity contribution is -0.145. The predicted octanol–water partition coefficient (Wildman–Crippen LogP) is 2.38. The van der Waals surface area contributed by atoms with Gasteiger partial charge in [-0.2, -0.15) is 26.3 Å². The van der Waals surface area contributed by atoms with E-state index in [0.29, 0.717) is 0 Å². The topological polar surface area (TPSA) is 104 Å². The van der Waals surface area contributed by atoms with E-state index in [1.54, 1.807) is 5.32 Å². The van der Waals surface area contributed by atoms with Gasteiger partial charge in [-0.15, -0.1) is 0 Å². The Kier molecular flexibility index (Phi) is 5.66. The molecule has 12 heteroatoms. The van der Waals surface area contributed by atoms with Crippen LogP contribution in [-0.4, -0.2) is 34.1 Å². The van der Waals surface area contributed by atoms with Crippen LogP contribution >= 0.6 is 0 Å². The summed E-state index contributed by atoms with van der Waals surface area (Å²) in [6.45, 7) is 0. The first-order valence-electron chi connectivity index (χ1n) is 6.26. The highest BCUT2D eigenvalue weighted by atomic mass is 19.4. The Balaban J connectivity index is 3.28. The molecule has 0 aromatic heterocycles. The minimum absolute atomic E-state index is 0.101. The van der Waals surface area contributed by atoms with Crippen molar-refractivity contribution in [3.05, 3.63) is 34.9 Å². The Morgan fingerprint density at radius 3 is 1.68 bits per heavy atom. The molecule has 1 aromatic carbocycles. The highest BCUT2D eigenvalue weighted by Gasteiger charge is 2.37. The molecule has 1 amide bonds. The van der Waals surface area contributed by atoms with Gasteiger partial charge in [-0.05, 0) is 18.2 Å². The number of halogens is 6. The molecule has 0 spiro atoms. The number of hydrogen-bond donors (Lipinski definition) is 3. The highest BCUT2D eigenvalue weighted by Crippen LogP contribution is 2.36. The molecule has 25 heavy (non-hydrogen) atoms. The Labute approximate surface area is 135 Å². The lowest BCUT2D eigenvalue weighted by atomic mass is 10.0. The van der Waals surface area contributed by atoms with Gasteiger partial charge in [0.05, 0.1) is 17.5 Å². The van der Waals surface area contributed by atoms with Gasteiger partial charge in [0.25, 0.3) is 5.91 Å². The van der Waals surface area contributed by atoms with Crippen LogP contribution in [-0.2, 0) is 21.9 Å². The summed E-state index contributed by atoms with van der Waals surface area (Å²) in [7, 11) is 0. The molecular formula is C13H9F6NO5. The standard InChI is InChI=1S/C13H9F6NO5/c14-12(15,16)6-1-5(2-7(3-6)13(17,18)19)10(23)20-8(11(24)25)4-9(21)22/h1-3,8H,4H2,(H,20,23)(H,21,22)(H,24,25). The fourth-order valence-electron chi connectivity index (χ4n) is 1.70. The molecule has 1 atom stereocenters. The van der Waals surface area contributed by atoms with Crippen molar-refractivity contribution in [2.24, 2.45) is 0 Å². The van der Waals surface area contributed by atoms with E-state index in [1.807, 2.05) is 0 Å². The summed E-state index contributed by atoms with van der Waals surface area (Å²) in [6, 6.07) is -2.04. The Hall–Kier alpha value is -2.79. The lowest BCUT2D eigenvalue weighted by Gasteiger charge is -2.16. The number of amides is 1. The van der Waals surface area contributed by atoms with Crippen molar-refractivity contribution >= 4 is 17.8 Å². The number of aliphatic carboxylic acids is 2. The summed E-state index contributed by atoms with van der Waals surface area (Å²) in [5, 5.41) is 18.8. The maximum absolute atomic E-state index is 12.7. The number of hydrogen-bond acceptors (Lipinski definition) is 3. The van der Waals surface area contributed by atoms with Crippen molar-refractivity contribution in [3.63, 3.8) is 0 Å². The van der Waals surface area contributed by atoms with Crippen molar-refractivity contribution in [2.75, 3.05) is 0 Å². The van der Waals surface area contributed by atoms with E-state index in [2.05, 4.69) is 0 Å². The maximum atomic E-state index is 12.7. The van der Waals surface area contributed by atoms with Crippen LogP contribution in [0, 0.1) is 0 Å². The first-order chi connectivity index (χ1) is 11.2. The van der Waals surface area contributed by atoms with Gasteiger partial charge in [0, 0.05) is 5.56 Å². The third kappa shape index (κ3) is 5.65. The quantitative estimate of drug-likeness (QED) is 0.688. The van der Waals surface area contributed by atoms with Crippen LogP contribution in [0.4, 0.5) is 26.3 Å². The first kappa shape index (κ1) is 20.3. The smallest absolute Gasteiger partial charge is 0.416 e. The average Bonchev–Trinajstić information content (AvgIpc) is 2.43. The number of benzene rings is 1. The van der Waals surface area contributed by atoms with Crippen molar-refractivity contribution in [2.45, 2.75) is 24.8 Å². The summed E-state index contributed by atoms with van der Waals surface area (Å²) in [6.07, 6.45) is -11.5. The van der Waals surface area contributed by atoms with Crippen molar-refractivity contribution in [3.8, 4) is 0 Å². The number of carbonyl (C=O) groups excluding carboxylic acids is 1. The molecule has 0 radical (unpaired) electrons. The predicted molar refractivity (Wildman–Crippen MR) is 67.6 cm³/mol. The van der Waals surface area contributed by atoms with Gasteiger partial charge in [0.2, 0.25) is 0 Å². The molecule has 0 aliphatic heterocycles. The molecule has 3 N–H and O–H groups in total. The molecule has 1 aromatic rings. The molecule has 0 bridgehead atoms. The number of carboxylic acid groups (broad SMARTS) is 2. The fraction of sp³-hybridized carbons (Fsp3) is 0.308. The average molecular weight is 373 g/mol. The van der Waals surface area contributed by atoms with Crippen molar-refractivity contribution in [1.29, 1.82) is 0 Å². The molecule has 0 saturated carbocycles. The number of carboxylic acids is 2. The number of alkyl halides is 6. The van der Waals surface area contributed by atoms with Gasteiger partial charge in [-0.25, -0.2) is 4.79 Å². The van der Waals surface area contributed by atoms with Crippen LogP contribution in [0.5, 0.6) is 0 Å². The van der Waals surface area contributed by atoms with E-state index in [4.69, 9.17) is 10.2 Å². The molecule has 0 aliphatic carbocycles. The summed E-state index contributed by atoms with van der Waals surface area (Å²) in [5.74, 6) is -5.06. The van der Waals surface area contributed by atoms with Crippen LogP contribution < -0.4 is 5.32 Å². The molecule has 0 aliphatic rings. The van der Waals surface area contributed by atoms with E-state index in [1.165, 1.54) is 0 Å². The van der Waals surface area contributed by atoms with Crippen LogP contribution in [0.2, 0.25) is 0 Å². The number of nitrogens with one attached hydrogen (secondary N) is 1. The highest BCUT2D eigenvalue weighted by molar-refractivity contribution is 5.97. The van der Waals surface area contributed by atoms with Gasteiger partial charge >= 0.3 is 24.3 Å². The lowest BCUT2D eigenvalue weighted by Crippen LogP contribution is -2.42. The second-order valence-corrected chi connectivity index (χ2v) is 4.76. The van der Waals surface area contributed by atoms with Gasteiger partial charge in [0.1, 0.15) is 6.04 Å². The molecule has 1 unspecified atom stereocenters. The van der Waals surface area contributed by atoms with Crippen LogP contribution in [0.3, 0.4) is 0 Å². The van der Waals surface area contributed by atoms with E-state index < -0.39 is 59.4 Å². The van der Waals surface area contributed by atoms with Crippen LogP contribution in [0.1, 0.15) is 27.9 Å². The largest absolute Gasteiger partial charge is 0.481 e. The van der Waals surface area contributed by atoms with E-state index in [-0.39, 0.29) is 18.2 Å². The third-order valence-electron chi connectivity index (χ3n) is 2.83. The fourth-order valence-corrected chi connectivity index (χ4v) is 1.70. The van der Waals surface area contributed by atoms with Crippen LogP contribution in [0.15, 0.2) is 18.2 Å². The van der Waals surface area contributed by atoms with Crippen molar-refractivity contribution < 1.29 is 50.9 Å². The van der Waals surface area contributed by atoms with Gasteiger partial charge in [0.15, 0.2) is 0 Å². The SMILES string of the molecule is O=C(O)CC(NC(=O)c1cc(C(F)(F)F)cc(C(F)(F)F)c1)C(=O)O. The van der Waals surface area contributed by atoms with E-state index >= 15 is 0 Å². The molecule has 1 rings (SSSR count). The van der Waals surface area contributed by atoms with Gasteiger partial charge in [-0.1, -0.05) is 0 Å². The zero-order valence-electron chi connectivity index (χ0n) is 11.9. The van der Waals surface area contributed by atoms with Gasteiger partial charge in [-0.3, -0.25) is 9.59 Å². The molecular weight excluding hydrogens is 364 g/mol. The monoisotopic (exact) mass is 373 g/mol. The van der Waals surface area contributed by atoms with E-state index in [0.717, 1.165) is 0 Å². The first-order valence-corrected chi connectivity index (χ1v) is 6.26. The summed E-state index contributed by atoms with van der Waals surface area (Å²) < 4.78 is 76.1. The second-order valence-electron chi connectivity index (χ2n) is 4.76. The molecule has 6 nitrogen and oxygen atoms in total. The zero-order chi connectivity index (χ0) is 19.6. The van der Waals surface area contributed by atoms with E-state index in [9.17, 15) is 40.7 Å². The molecule has 138 valence electrons. The minimum atomic E-state index is -5.19. The number of carbonyl (C=O) groups is 3. The summed E-state index contributed by atoms with van der Waals surface area (Å²) in [5.41, 5.74) is -4.64. The van der Waals surface area contributed by atoms with Crippen LogP contribution in [0.25, 0.3) is 0 Å². The van der Waals surface area contributed by atoms with Gasteiger partial charge < -0.3 is 15.5 Å². The molecule has 0 saturated heterocycles. The Morgan fingerprint density at radius 2 is 1.36 bits per heavy atom. The minimum Gasteiger partial charge on any atom is -0.481 e. The Bertz CT molecular complexity index is 665. The molecule has 0 heterocycles. The summed E-state index contributed by atoms with van der Waals surface area (Å²) in [4.78, 5) is 33.1. The number of rotatable bonds is 5.